The van der Waals surface area contributed by atoms with Gasteiger partial charge in [-0.3, -0.25) is 4.79 Å². The third kappa shape index (κ3) is 2.97. The van der Waals surface area contributed by atoms with E-state index >= 15 is 0 Å². The summed E-state index contributed by atoms with van der Waals surface area (Å²) < 4.78 is 6.14. The largest absolute Gasteiger partial charge is 0.490 e. The highest BCUT2D eigenvalue weighted by Gasteiger charge is 2.22. The Morgan fingerprint density at radius 3 is 3.05 bits per heavy atom. The molecule has 3 nitrogen and oxygen atoms in total. The fourth-order valence-electron chi connectivity index (χ4n) is 3.34. The average Bonchev–Trinajstić information content (AvgIpc) is 2.47. The number of carbonyl (C=O) groups is 1. The monoisotopic (exact) mass is 273 g/mol. The SMILES string of the molecule is CCC1CCCC(Oc2ccc3c(c2)NC(=O)CC3)C1. The Morgan fingerprint density at radius 2 is 2.20 bits per heavy atom. The number of amides is 1. The lowest BCUT2D eigenvalue weighted by molar-refractivity contribution is -0.116. The van der Waals surface area contributed by atoms with Gasteiger partial charge in [0.1, 0.15) is 5.75 Å². The van der Waals surface area contributed by atoms with Crippen LogP contribution in [-0.2, 0) is 11.2 Å². The molecule has 2 unspecified atom stereocenters. The standard InChI is InChI=1S/C17H23NO2/c1-2-12-4-3-5-14(10-12)20-15-8-6-13-7-9-17(19)18-16(13)11-15/h6,8,11-12,14H,2-5,7,9-10H2,1H3,(H,18,19). The van der Waals surface area contributed by atoms with Crippen LogP contribution in [0.3, 0.4) is 0 Å². The van der Waals surface area contributed by atoms with Crippen LogP contribution in [0.5, 0.6) is 5.75 Å². The molecule has 3 rings (SSSR count). The number of fused-ring (bicyclic) bond motifs is 1. The molecule has 0 aromatic heterocycles. The number of anilines is 1. The molecule has 0 saturated heterocycles. The first-order valence-electron chi connectivity index (χ1n) is 7.84. The molecule has 0 radical (unpaired) electrons. The number of nitrogens with one attached hydrogen (secondary N) is 1. The van der Waals surface area contributed by atoms with E-state index < -0.39 is 0 Å². The van der Waals surface area contributed by atoms with Crippen LogP contribution in [0.4, 0.5) is 5.69 Å². The number of ether oxygens (including phenoxy) is 1. The second-order valence-electron chi connectivity index (χ2n) is 6.05. The fraction of sp³-hybridized carbons (Fsp3) is 0.588. The van der Waals surface area contributed by atoms with E-state index in [-0.39, 0.29) is 5.91 Å². The summed E-state index contributed by atoms with van der Waals surface area (Å²) in [5.74, 6) is 1.82. The van der Waals surface area contributed by atoms with Gasteiger partial charge in [0.05, 0.1) is 6.10 Å². The molecule has 0 bridgehead atoms. The number of benzene rings is 1. The van der Waals surface area contributed by atoms with Crippen molar-refractivity contribution in [3.63, 3.8) is 0 Å². The van der Waals surface area contributed by atoms with Crippen molar-refractivity contribution in [1.82, 2.24) is 0 Å². The fourth-order valence-corrected chi connectivity index (χ4v) is 3.34. The lowest BCUT2D eigenvalue weighted by Crippen LogP contribution is -2.25. The zero-order chi connectivity index (χ0) is 13.9. The van der Waals surface area contributed by atoms with Crippen molar-refractivity contribution in [3.8, 4) is 5.75 Å². The molecule has 1 fully saturated rings. The molecule has 108 valence electrons. The summed E-state index contributed by atoms with van der Waals surface area (Å²) >= 11 is 0. The predicted octanol–water partition coefficient (Wildman–Crippen LogP) is 3.92. The van der Waals surface area contributed by atoms with Gasteiger partial charge in [0.25, 0.3) is 0 Å². The Labute approximate surface area is 120 Å². The van der Waals surface area contributed by atoms with Crippen LogP contribution in [0.1, 0.15) is 51.0 Å². The van der Waals surface area contributed by atoms with Gasteiger partial charge in [0, 0.05) is 18.2 Å². The van der Waals surface area contributed by atoms with Crippen molar-refractivity contribution < 1.29 is 9.53 Å². The molecule has 1 amide bonds. The van der Waals surface area contributed by atoms with Crippen LogP contribution in [0, 0.1) is 5.92 Å². The molecule has 3 heteroatoms. The summed E-state index contributed by atoms with van der Waals surface area (Å²) in [7, 11) is 0. The maximum absolute atomic E-state index is 11.5. The Kier molecular flexibility index (Phi) is 3.95. The summed E-state index contributed by atoms with van der Waals surface area (Å²) in [6.45, 7) is 2.27. The van der Waals surface area contributed by atoms with E-state index in [1.165, 1.54) is 31.2 Å². The van der Waals surface area contributed by atoms with Crippen LogP contribution in [0.15, 0.2) is 18.2 Å². The number of carbonyl (C=O) groups excluding carboxylic acids is 1. The third-order valence-corrected chi connectivity index (χ3v) is 4.59. The van der Waals surface area contributed by atoms with Crippen LogP contribution in [-0.4, -0.2) is 12.0 Å². The van der Waals surface area contributed by atoms with E-state index in [2.05, 4.69) is 18.3 Å². The molecule has 1 aliphatic heterocycles. The Bertz CT molecular complexity index is 498. The van der Waals surface area contributed by atoms with Gasteiger partial charge in [-0.25, -0.2) is 0 Å². The smallest absolute Gasteiger partial charge is 0.224 e. The molecule has 20 heavy (non-hydrogen) atoms. The maximum atomic E-state index is 11.5. The Balaban J connectivity index is 1.68. The van der Waals surface area contributed by atoms with E-state index in [0.29, 0.717) is 12.5 Å². The Morgan fingerprint density at radius 1 is 1.30 bits per heavy atom. The number of hydrogen-bond acceptors (Lipinski definition) is 2. The molecule has 1 aromatic rings. The first-order valence-corrected chi connectivity index (χ1v) is 7.84. The lowest BCUT2D eigenvalue weighted by atomic mass is 9.85. The topological polar surface area (TPSA) is 38.3 Å². The minimum absolute atomic E-state index is 0.110. The van der Waals surface area contributed by atoms with E-state index in [9.17, 15) is 4.79 Å². The van der Waals surface area contributed by atoms with Gasteiger partial charge in [-0.05, 0) is 43.2 Å². The number of hydrogen-bond donors (Lipinski definition) is 1. The van der Waals surface area contributed by atoms with Gasteiger partial charge in [0.2, 0.25) is 5.91 Å². The van der Waals surface area contributed by atoms with Crippen LogP contribution < -0.4 is 10.1 Å². The molecule has 0 spiro atoms. The lowest BCUT2D eigenvalue weighted by Gasteiger charge is -2.29. The molecule has 2 aliphatic rings. The highest BCUT2D eigenvalue weighted by atomic mass is 16.5. The zero-order valence-corrected chi connectivity index (χ0v) is 12.2. The molecular formula is C17H23NO2. The zero-order valence-electron chi connectivity index (χ0n) is 12.2. The Hall–Kier alpha value is -1.51. The highest BCUT2D eigenvalue weighted by Crippen LogP contribution is 2.32. The minimum Gasteiger partial charge on any atom is -0.490 e. The summed E-state index contributed by atoms with van der Waals surface area (Å²) in [5, 5.41) is 2.94. The van der Waals surface area contributed by atoms with Crippen molar-refractivity contribution in [2.75, 3.05) is 5.32 Å². The normalized spacial score (nSPS) is 25.8. The summed E-state index contributed by atoms with van der Waals surface area (Å²) in [4.78, 5) is 11.5. The van der Waals surface area contributed by atoms with Gasteiger partial charge in [-0.15, -0.1) is 0 Å². The van der Waals surface area contributed by atoms with Crippen LogP contribution in [0.2, 0.25) is 0 Å². The number of rotatable bonds is 3. The van der Waals surface area contributed by atoms with Crippen LogP contribution >= 0.6 is 0 Å². The van der Waals surface area contributed by atoms with Crippen molar-refractivity contribution in [2.45, 2.75) is 58.0 Å². The molecule has 1 aliphatic carbocycles. The third-order valence-electron chi connectivity index (χ3n) is 4.59. The van der Waals surface area contributed by atoms with Crippen LogP contribution in [0.25, 0.3) is 0 Å². The average molecular weight is 273 g/mol. The van der Waals surface area contributed by atoms with Gasteiger partial charge >= 0.3 is 0 Å². The second kappa shape index (κ2) is 5.86. The maximum Gasteiger partial charge on any atom is 0.224 e. The highest BCUT2D eigenvalue weighted by molar-refractivity contribution is 5.94. The molecular weight excluding hydrogens is 250 g/mol. The van der Waals surface area contributed by atoms with Crippen molar-refractivity contribution in [1.29, 1.82) is 0 Å². The molecule has 1 saturated carbocycles. The predicted molar refractivity (Wildman–Crippen MR) is 80.1 cm³/mol. The summed E-state index contributed by atoms with van der Waals surface area (Å²) in [5.41, 5.74) is 2.15. The van der Waals surface area contributed by atoms with Crippen molar-refractivity contribution >= 4 is 11.6 Å². The second-order valence-corrected chi connectivity index (χ2v) is 6.05. The minimum atomic E-state index is 0.110. The van der Waals surface area contributed by atoms with E-state index in [4.69, 9.17) is 4.74 Å². The van der Waals surface area contributed by atoms with E-state index in [1.807, 2.05) is 12.1 Å². The van der Waals surface area contributed by atoms with Crippen molar-refractivity contribution in [3.05, 3.63) is 23.8 Å². The van der Waals surface area contributed by atoms with Crippen molar-refractivity contribution in [2.24, 2.45) is 5.92 Å². The van der Waals surface area contributed by atoms with E-state index in [0.717, 1.165) is 30.2 Å². The van der Waals surface area contributed by atoms with Gasteiger partial charge in [-0.1, -0.05) is 25.8 Å². The van der Waals surface area contributed by atoms with Gasteiger partial charge in [-0.2, -0.15) is 0 Å². The quantitative estimate of drug-likeness (QED) is 0.906. The molecule has 1 heterocycles. The van der Waals surface area contributed by atoms with Gasteiger partial charge < -0.3 is 10.1 Å². The molecule has 1 N–H and O–H groups in total. The van der Waals surface area contributed by atoms with E-state index in [1.54, 1.807) is 0 Å². The van der Waals surface area contributed by atoms with Gasteiger partial charge in [0.15, 0.2) is 0 Å². The molecule has 2 atom stereocenters. The summed E-state index contributed by atoms with van der Waals surface area (Å²) in [6.07, 6.45) is 7.95. The first kappa shape index (κ1) is 13.5. The first-order chi connectivity index (χ1) is 9.74. The number of aryl methyl sites for hydroxylation is 1. The molecule has 1 aromatic carbocycles. The summed E-state index contributed by atoms with van der Waals surface area (Å²) in [6, 6.07) is 6.12.